The quantitative estimate of drug-likeness (QED) is 0.842. The SMILES string of the molecule is CCC1(CNc2cc(=O)[nH]c(C)n2)CCCC1. The highest BCUT2D eigenvalue weighted by Crippen LogP contribution is 2.40. The van der Waals surface area contributed by atoms with Crippen molar-refractivity contribution in [1.82, 2.24) is 9.97 Å². The van der Waals surface area contributed by atoms with Gasteiger partial charge in [-0.2, -0.15) is 0 Å². The zero-order chi connectivity index (χ0) is 12.3. The van der Waals surface area contributed by atoms with Crippen molar-refractivity contribution in [1.29, 1.82) is 0 Å². The van der Waals surface area contributed by atoms with E-state index in [1.807, 2.05) is 0 Å². The van der Waals surface area contributed by atoms with Gasteiger partial charge in [0.15, 0.2) is 0 Å². The Morgan fingerprint density at radius 1 is 1.47 bits per heavy atom. The molecule has 0 saturated heterocycles. The van der Waals surface area contributed by atoms with E-state index in [0.717, 1.165) is 6.54 Å². The van der Waals surface area contributed by atoms with Crippen LogP contribution < -0.4 is 10.9 Å². The van der Waals surface area contributed by atoms with Gasteiger partial charge >= 0.3 is 0 Å². The lowest BCUT2D eigenvalue weighted by Crippen LogP contribution is -2.27. The van der Waals surface area contributed by atoms with Crippen LogP contribution in [0.15, 0.2) is 10.9 Å². The van der Waals surface area contributed by atoms with Crippen LogP contribution in [0.1, 0.15) is 44.9 Å². The van der Waals surface area contributed by atoms with E-state index >= 15 is 0 Å². The van der Waals surface area contributed by atoms with E-state index in [4.69, 9.17) is 0 Å². The number of rotatable bonds is 4. The first-order valence-corrected chi connectivity index (χ1v) is 6.45. The highest BCUT2D eigenvalue weighted by Gasteiger charge is 2.31. The number of H-pyrrole nitrogens is 1. The van der Waals surface area contributed by atoms with Crippen LogP contribution in [-0.4, -0.2) is 16.5 Å². The summed E-state index contributed by atoms with van der Waals surface area (Å²) in [5.74, 6) is 1.36. The summed E-state index contributed by atoms with van der Waals surface area (Å²) in [6.07, 6.45) is 6.44. The molecule has 0 radical (unpaired) electrons. The van der Waals surface area contributed by atoms with E-state index in [-0.39, 0.29) is 5.56 Å². The Kier molecular flexibility index (Phi) is 3.50. The van der Waals surface area contributed by atoms with Crippen LogP contribution >= 0.6 is 0 Å². The Balaban J connectivity index is 2.03. The molecule has 2 N–H and O–H groups in total. The number of anilines is 1. The van der Waals surface area contributed by atoms with Gasteiger partial charge in [0.2, 0.25) is 0 Å². The van der Waals surface area contributed by atoms with Crippen molar-refractivity contribution in [2.75, 3.05) is 11.9 Å². The van der Waals surface area contributed by atoms with Crippen LogP contribution in [0.3, 0.4) is 0 Å². The zero-order valence-corrected chi connectivity index (χ0v) is 10.7. The summed E-state index contributed by atoms with van der Waals surface area (Å²) < 4.78 is 0. The molecule has 1 aliphatic carbocycles. The Morgan fingerprint density at radius 2 is 2.18 bits per heavy atom. The van der Waals surface area contributed by atoms with Crippen molar-refractivity contribution < 1.29 is 0 Å². The molecule has 1 saturated carbocycles. The molecular formula is C13H21N3O. The fourth-order valence-electron chi connectivity index (χ4n) is 2.73. The topological polar surface area (TPSA) is 57.8 Å². The van der Waals surface area contributed by atoms with Gasteiger partial charge in [-0.1, -0.05) is 19.8 Å². The van der Waals surface area contributed by atoms with Crippen molar-refractivity contribution >= 4 is 5.82 Å². The second-order valence-electron chi connectivity index (χ2n) is 5.13. The van der Waals surface area contributed by atoms with Gasteiger partial charge in [0, 0.05) is 12.6 Å². The first kappa shape index (κ1) is 12.1. The molecule has 1 aromatic rings. The van der Waals surface area contributed by atoms with Crippen molar-refractivity contribution in [3.63, 3.8) is 0 Å². The van der Waals surface area contributed by atoms with E-state index in [9.17, 15) is 4.79 Å². The monoisotopic (exact) mass is 235 g/mol. The molecule has 0 aliphatic heterocycles. The number of aromatic nitrogens is 2. The molecule has 4 heteroatoms. The maximum atomic E-state index is 11.3. The smallest absolute Gasteiger partial charge is 0.252 e. The summed E-state index contributed by atoms with van der Waals surface area (Å²) in [6.45, 7) is 4.99. The highest BCUT2D eigenvalue weighted by molar-refractivity contribution is 5.33. The molecule has 4 nitrogen and oxygen atoms in total. The molecule has 1 aliphatic rings. The van der Waals surface area contributed by atoms with Crippen LogP contribution in [0.2, 0.25) is 0 Å². The molecule has 0 bridgehead atoms. The molecule has 0 spiro atoms. The molecule has 1 heterocycles. The average molecular weight is 235 g/mol. The lowest BCUT2D eigenvalue weighted by Gasteiger charge is -2.27. The molecule has 0 atom stereocenters. The van der Waals surface area contributed by atoms with Gasteiger partial charge in [-0.15, -0.1) is 0 Å². The Hall–Kier alpha value is -1.32. The zero-order valence-electron chi connectivity index (χ0n) is 10.7. The number of hydrogen-bond donors (Lipinski definition) is 2. The third kappa shape index (κ3) is 2.87. The van der Waals surface area contributed by atoms with E-state index in [1.54, 1.807) is 6.92 Å². The summed E-state index contributed by atoms with van der Waals surface area (Å²) in [7, 11) is 0. The van der Waals surface area contributed by atoms with Crippen molar-refractivity contribution in [2.24, 2.45) is 5.41 Å². The van der Waals surface area contributed by atoms with Crippen LogP contribution in [-0.2, 0) is 0 Å². The molecule has 0 amide bonds. The van der Waals surface area contributed by atoms with E-state index in [0.29, 0.717) is 17.1 Å². The largest absolute Gasteiger partial charge is 0.369 e. The number of hydrogen-bond acceptors (Lipinski definition) is 3. The maximum absolute atomic E-state index is 11.3. The maximum Gasteiger partial charge on any atom is 0.252 e. The van der Waals surface area contributed by atoms with Gasteiger partial charge in [0.1, 0.15) is 11.6 Å². The van der Waals surface area contributed by atoms with E-state index < -0.39 is 0 Å². The molecule has 17 heavy (non-hydrogen) atoms. The first-order valence-electron chi connectivity index (χ1n) is 6.45. The molecule has 94 valence electrons. The number of nitrogens with one attached hydrogen (secondary N) is 2. The molecule has 1 fully saturated rings. The minimum absolute atomic E-state index is 0.0861. The summed E-state index contributed by atoms with van der Waals surface area (Å²) in [5, 5.41) is 3.33. The fourth-order valence-corrected chi connectivity index (χ4v) is 2.73. The lowest BCUT2D eigenvalue weighted by molar-refractivity contribution is 0.306. The lowest BCUT2D eigenvalue weighted by atomic mass is 9.83. The number of aryl methyl sites for hydroxylation is 1. The molecule has 1 aromatic heterocycles. The summed E-state index contributed by atoms with van der Waals surface area (Å²) in [4.78, 5) is 18.3. The normalized spacial score (nSPS) is 18.2. The van der Waals surface area contributed by atoms with Crippen LogP contribution in [0, 0.1) is 12.3 Å². The second kappa shape index (κ2) is 4.90. The van der Waals surface area contributed by atoms with Crippen LogP contribution in [0.4, 0.5) is 5.82 Å². The van der Waals surface area contributed by atoms with Crippen molar-refractivity contribution in [3.05, 3.63) is 22.2 Å². The Morgan fingerprint density at radius 3 is 2.76 bits per heavy atom. The fraction of sp³-hybridized carbons (Fsp3) is 0.692. The Bertz CT molecular complexity index is 433. The third-order valence-corrected chi connectivity index (χ3v) is 3.92. The Labute approximate surface area is 102 Å². The van der Waals surface area contributed by atoms with Gasteiger partial charge in [-0.3, -0.25) is 4.79 Å². The van der Waals surface area contributed by atoms with Gasteiger partial charge < -0.3 is 10.3 Å². The van der Waals surface area contributed by atoms with Gasteiger partial charge in [-0.25, -0.2) is 4.98 Å². The van der Waals surface area contributed by atoms with Gasteiger partial charge in [0.25, 0.3) is 5.56 Å². The third-order valence-electron chi connectivity index (χ3n) is 3.92. The predicted octanol–water partition coefficient (Wildman–Crippen LogP) is 2.46. The van der Waals surface area contributed by atoms with Crippen LogP contribution in [0.5, 0.6) is 0 Å². The van der Waals surface area contributed by atoms with E-state index in [2.05, 4.69) is 22.2 Å². The van der Waals surface area contributed by atoms with Gasteiger partial charge in [0.05, 0.1) is 0 Å². The van der Waals surface area contributed by atoms with Crippen molar-refractivity contribution in [3.8, 4) is 0 Å². The standard InChI is InChI=1S/C13H21N3O/c1-3-13(6-4-5-7-13)9-14-11-8-12(17)16-10(2)15-11/h8H,3-7,9H2,1-2H3,(H2,14,15,16,17). The number of aromatic amines is 1. The molecule has 0 unspecified atom stereocenters. The second-order valence-corrected chi connectivity index (χ2v) is 5.13. The van der Waals surface area contributed by atoms with Crippen LogP contribution in [0.25, 0.3) is 0 Å². The van der Waals surface area contributed by atoms with E-state index in [1.165, 1.54) is 38.2 Å². The summed E-state index contributed by atoms with van der Waals surface area (Å²) >= 11 is 0. The van der Waals surface area contributed by atoms with Crippen molar-refractivity contribution in [2.45, 2.75) is 46.0 Å². The predicted molar refractivity (Wildman–Crippen MR) is 69.3 cm³/mol. The summed E-state index contributed by atoms with van der Waals surface area (Å²) in [6, 6.07) is 1.53. The first-order chi connectivity index (χ1) is 8.13. The molecular weight excluding hydrogens is 214 g/mol. The molecule has 2 rings (SSSR count). The minimum atomic E-state index is -0.0861. The van der Waals surface area contributed by atoms with Gasteiger partial charge in [-0.05, 0) is 31.6 Å². The number of nitrogens with zero attached hydrogens (tertiary/aromatic N) is 1. The molecule has 0 aromatic carbocycles. The summed E-state index contributed by atoms with van der Waals surface area (Å²) in [5.41, 5.74) is 0.329. The average Bonchev–Trinajstić information content (AvgIpc) is 2.74. The minimum Gasteiger partial charge on any atom is -0.369 e. The highest BCUT2D eigenvalue weighted by atomic mass is 16.1.